The van der Waals surface area contributed by atoms with E-state index in [4.69, 9.17) is 10.1 Å². The summed E-state index contributed by atoms with van der Waals surface area (Å²) in [5.41, 5.74) is 5.90. The lowest BCUT2D eigenvalue weighted by molar-refractivity contribution is -0.133. The smallest absolute Gasteiger partial charge is 0.335 e. The maximum atomic E-state index is 13.4. The van der Waals surface area contributed by atoms with Gasteiger partial charge in [-0.05, 0) is 82.8 Å². The molecule has 4 heterocycles. The number of tetrazole rings is 1. The molecular formula is C48H52N8O5S. The Labute approximate surface area is 365 Å². The first-order valence-corrected chi connectivity index (χ1v) is 22.2. The van der Waals surface area contributed by atoms with Crippen LogP contribution in [0.1, 0.15) is 110 Å². The first kappa shape index (κ1) is 43.5. The summed E-state index contributed by atoms with van der Waals surface area (Å²) in [4.78, 5) is 48.8. The van der Waals surface area contributed by atoms with Crippen LogP contribution in [-0.2, 0) is 35.5 Å². The van der Waals surface area contributed by atoms with Crippen LogP contribution in [-0.4, -0.2) is 74.5 Å². The number of unbranched alkanes of at least 4 members (excludes halogenated alkanes) is 2. The Bertz CT molecular complexity index is 2500. The second kappa shape index (κ2) is 20.3. The van der Waals surface area contributed by atoms with Gasteiger partial charge in [-0.2, -0.15) is 5.21 Å². The number of nitrogens with zero attached hydrogens (tertiary/aromatic N) is 7. The number of aryl methyl sites for hydroxylation is 1. The highest BCUT2D eigenvalue weighted by Gasteiger charge is 2.49. The lowest BCUT2D eigenvalue weighted by Crippen LogP contribution is -2.40. The summed E-state index contributed by atoms with van der Waals surface area (Å²) in [5.74, 6) is 0.739. The molecule has 0 atom stereocenters. The number of aliphatic carboxylic acids is 1. The number of carbonyl (C=O) groups is 3. The lowest BCUT2D eigenvalue weighted by atomic mass is 9.97. The molecule has 2 aliphatic rings. The Kier molecular flexibility index (Phi) is 14.3. The fraction of sp³-hybridized carbons (Fsp3) is 0.333. The maximum Gasteiger partial charge on any atom is 0.335 e. The van der Waals surface area contributed by atoms with Crippen molar-refractivity contribution < 1.29 is 24.6 Å². The molecule has 320 valence electrons. The predicted octanol–water partition coefficient (Wildman–Crippen LogP) is 9.52. The minimum absolute atomic E-state index is 0.202. The molecule has 0 radical (unpaired) electrons. The predicted molar refractivity (Wildman–Crippen MR) is 241 cm³/mol. The van der Waals surface area contributed by atoms with Gasteiger partial charge < -0.3 is 14.8 Å². The molecule has 13 nitrogen and oxygen atoms in total. The van der Waals surface area contributed by atoms with E-state index in [0.29, 0.717) is 30.9 Å². The molecule has 1 fully saturated rings. The molecule has 8 rings (SSSR count). The van der Waals surface area contributed by atoms with Crippen LogP contribution in [0.5, 0.6) is 0 Å². The van der Waals surface area contributed by atoms with Crippen LogP contribution < -0.4 is 0 Å². The van der Waals surface area contributed by atoms with Gasteiger partial charge in [0, 0.05) is 41.8 Å². The van der Waals surface area contributed by atoms with E-state index in [1.165, 1.54) is 11.3 Å². The van der Waals surface area contributed by atoms with E-state index >= 15 is 0 Å². The minimum atomic E-state index is -0.962. The van der Waals surface area contributed by atoms with Crippen molar-refractivity contribution in [3.05, 3.63) is 135 Å². The molecule has 3 aromatic carbocycles. The van der Waals surface area contributed by atoms with Gasteiger partial charge in [0.1, 0.15) is 17.2 Å². The van der Waals surface area contributed by atoms with E-state index in [1.54, 1.807) is 36.5 Å². The van der Waals surface area contributed by atoms with E-state index < -0.39 is 17.5 Å². The van der Waals surface area contributed by atoms with Gasteiger partial charge in [-0.25, -0.2) is 14.6 Å². The fourth-order valence-electron chi connectivity index (χ4n) is 8.04. The summed E-state index contributed by atoms with van der Waals surface area (Å²) in [6.45, 7) is 5.37. The zero-order chi connectivity index (χ0) is 43.5. The molecule has 0 bridgehead atoms. The van der Waals surface area contributed by atoms with E-state index in [-0.39, 0.29) is 11.5 Å². The molecule has 3 N–H and O–H groups in total. The van der Waals surface area contributed by atoms with Crippen LogP contribution in [0.2, 0.25) is 0 Å². The highest BCUT2D eigenvalue weighted by molar-refractivity contribution is 7.09. The number of thiophene rings is 1. The first-order chi connectivity index (χ1) is 30.2. The number of carbonyl (C=O) groups excluding carboxylic acids is 1. The molecule has 1 saturated carbocycles. The Hall–Kier alpha value is -6.54. The van der Waals surface area contributed by atoms with Crippen molar-refractivity contribution in [3.8, 4) is 22.5 Å². The SMILES string of the molecule is CCCCC1=NC2(CCCC2)C(=O)N1Cc1ccc(-c2ccccc2-c2nn[nH]n2)cc1.CCCCc1ncc(/C=C(\Cc2cccs2)C(=O)O)n1Cc1ccc(C(=O)O)cc1. The quantitative estimate of drug-likeness (QED) is 0.0754. The second-order valence-corrected chi connectivity index (χ2v) is 16.8. The molecule has 62 heavy (non-hydrogen) atoms. The molecule has 1 amide bonds. The van der Waals surface area contributed by atoms with Crippen molar-refractivity contribution in [2.45, 2.75) is 103 Å². The van der Waals surface area contributed by atoms with Crippen molar-refractivity contribution in [2.24, 2.45) is 4.99 Å². The Morgan fingerprint density at radius 1 is 0.855 bits per heavy atom. The number of aromatic carboxylic acids is 1. The van der Waals surface area contributed by atoms with Gasteiger partial charge in [0.2, 0.25) is 5.82 Å². The standard InChI is InChI=1S/C25H28N6O.C23H24N2O4S/c1-2-3-10-22-26-25(15-6-7-16-25)24(32)31(22)17-18-11-13-19(14-12-18)20-8-4-5-9-21(20)23-27-29-30-28-23;1-2-3-6-21-24-14-19(12-18(23(28)29)13-20-5-4-11-30-20)25(21)15-16-7-9-17(10-8-16)22(26)27/h4-5,8-9,11-14H,2-3,6-7,10,15-17H2,1H3,(H,27,28,29,30);4-5,7-12,14H,2-3,6,13,15H2,1H3,(H,26,27)(H,28,29)/b;18-12+. The van der Waals surface area contributed by atoms with E-state index in [0.717, 1.165) is 114 Å². The average molecular weight is 853 g/mol. The number of H-pyrrole nitrogens is 1. The number of aromatic amines is 1. The van der Waals surface area contributed by atoms with Gasteiger partial charge in [-0.1, -0.05) is 106 Å². The summed E-state index contributed by atoms with van der Waals surface area (Å²) in [6, 6.07) is 27.0. The molecule has 1 spiro atoms. The van der Waals surface area contributed by atoms with Crippen LogP contribution in [0, 0.1) is 0 Å². The maximum absolute atomic E-state index is 13.4. The number of rotatable bonds is 17. The number of nitrogens with one attached hydrogen (secondary N) is 1. The van der Waals surface area contributed by atoms with Crippen molar-refractivity contribution in [2.75, 3.05) is 0 Å². The third-order valence-corrected chi connectivity index (χ3v) is 12.3. The van der Waals surface area contributed by atoms with Gasteiger partial charge in [0.15, 0.2) is 0 Å². The molecule has 3 aromatic heterocycles. The average Bonchev–Trinajstić information content (AvgIpc) is 4.16. The zero-order valence-corrected chi connectivity index (χ0v) is 36.0. The summed E-state index contributed by atoms with van der Waals surface area (Å²) in [7, 11) is 0. The molecule has 0 saturated heterocycles. The number of imidazole rings is 1. The first-order valence-electron chi connectivity index (χ1n) is 21.3. The highest BCUT2D eigenvalue weighted by atomic mass is 32.1. The monoisotopic (exact) mass is 852 g/mol. The number of amides is 1. The van der Waals surface area contributed by atoms with Gasteiger partial charge in [-0.15, -0.1) is 21.5 Å². The zero-order valence-electron chi connectivity index (χ0n) is 35.2. The number of aliphatic imine (C=N–C) groups is 1. The highest BCUT2D eigenvalue weighted by Crippen LogP contribution is 2.40. The van der Waals surface area contributed by atoms with Crippen molar-refractivity contribution in [1.29, 1.82) is 0 Å². The molecule has 1 aliphatic heterocycles. The number of hydrogen-bond donors (Lipinski definition) is 3. The number of amidine groups is 1. The summed E-state index contributed by atoms with van der Waals surface area (Å²) >= 11 is 1.53. The third-order valence-electron chi connectivity index (χ3n) is 11.4. The van der Waals surface area contributed by atoms with E-state index in [9.17, 15) is 19.5 Å². The van der Waals surface area contributed by atoms with Crippen molar-refractivity contribution in [1.82, 2.24) is 35.1 Å². The lowest BCUT2D eigenvalue weighted by Gasteiger charge is -2.23. The van der Waals surface area contributed by atoms with Crippen molar-refractivity contribution in [3.63, 3.8) is 0 Å². The van der Waals surface area contributed by atoms with Crippen LogP contribution in [0.3, 0.4) is 0 Å². The van der Waals surface area contributed by atoms with Crippen LogP contribution in [0.25, 0.3) is 28.6 Å². The van der Waals surface area contributed by atoms with Gasteiger partial charge in [0.25, 0.3) is 5.91 Å². The van der Waals surface area contributed by atoms with Gasteiger partial charge in [-0.3, -0.25) is 14.7 Å². The summed E-state index contributed by atoms with van der Waals surface area (Å²) in [6.07, 6.45) is 13.6. The van der Waals surface area contributed by atoms with E-state index in [1.807, 2.05) is 45.2 Å². The van der Waals surface area contributed by atoms with Gasteiger partial charge in [0.05, 0.1) is 24.0 Å². The largest absolute Gasteiger partial charge is 0.478 e. The molecular weight excluding hydrogens is 801 g/mol. The number of carboxylic acid groups (broad SMARTS) is 2. The van der Waals surface area contributed by atoms with Crippen molar-refractivity contribution >= 4 is 41.1 Å². The second-order valence-electron chi connectivity index (χ2n) is 15.8. The van der Waals surface area contributed by atoms with Crippen LogP contribution >= 0.6 is 11.3 Å². The number of hydrogen-bond acceptors (Lipinski definition) is 9. The Morgan fingerprint density at radius 3 is 2.19 bits per heavy atom. The Balaban J connectivity index is 0.000000187. The third kappa shape index (κ3) is 10.3. The molecule has 1 aliphatic carbocycles. The molecule has 14 heteroatoms. The van der Waals surface area contributed by atoms with E-state index in [2.05, 4.69) is 69.8 Å². The number of aromatic nitrogens is 6. The Morgan fingerprint density at radius 2 is 1.55 bits per heavy atom. The van der Waals surface area contributed by atoms with Gasteiger partial charge >= 0.3 is 11.9 Å². The molecule has 6 aromatic rings. The minimum Gasteiger partial charge on any atom is -0.478 e. The van der Waals surface area contributed by atoms with Crippen LogP contribution in [0.15, 0.2) is 107 Å². The molecule has 0 unspecified atom stereocenters. The summed E-state index contributed by atoms with van der Waals surface area (Å²) in [5, 5.41) is 35.2. The topological polar surface area (TPSA) is 180 Å². The number of carboxylic acids is 2. The fourth-order valence-corrected chi connectivity index (χ4v) is 8.77. The number of benzene rings is 3. The summed E-state index contributed by atoms with van der Waals surface area (Å²) < 4.78 is 2.02. The van der Waals surface area contributed by atoms with Crippen LogP contribution in [0.4, 0.5) is 0 Å². The normalized spacial score (nSPS) is 14.5.